The molecule has 0 saturated heterocycles. The van der Waals surface area contributed by atoms with Gasteiger partial charge in [0.1, 0.15) is 22.3 Å². The Bertz CT molecular complexity index is 2010. The van der Waals surface area contributed by atoms with Crippen LogP contribution in [0.2, 0.25) is 5.02 Å². The summed E-state index contributed by atoms with van der Waals surface area (Å²) in [4.78, 5) is 5.58. The Morgan fingerprint density at radius 2 is 1.46 bits per heavy atom. The molecule has 1 atom stereocenters. The summed E-state index contributed by atoms with van der Waals surface area (Å²) in [5.74, 6) is -16.5. The highest BCUT2D eigenvalue weighted by atomic mass is 35.5. The number of aromatic nitrogens is 1. The standard InChI is InChI=1S/C31H25ClF9N3O5S/c1-30(2,3)43(4)29(45)44(20-12-18(32)16(11-21(20)48-5)14-6-8-19(33)17(10-14)31(39,40)41)22-9-7-15(13-42-22)50(46,47)49-28-26(37)24(35)23(34)25(36)27(28)38/h6-13,29,45H,1-5H3. The van der Waals surface area contributed by atoms with Crippen LogP contribution in [0.4, 0.5) is 51.0 Å². The van der Waals surface area contributed by atoms with Crippen molar-refractivity contribution >= 4 is 33.2 Å². The number of pyridine rings is 1. The van der Waals surface area contributed by atoms with Gasteiger partial charge in [-0.1, -0.05) is 17.7 Å². The van der Waals surface area contributed by atoms with Gasteiger partial charge < -0.3 is 14.0 Å². The Labute approximate surface area is 284 Å². The van der Waals surface area contributed by atoms with Crippen molar-refractivity contribution in [3.8, 4) is 22.6 Å². The molecule has 50 heavy (non-hydrogen) atoms. The molecule has 0 aliphatic rings. The van der Waals surface area contributed by atoms with Gasteiger partial charge in [-0.05, 0) is 69.8 Å². The summed E-state index contributed by atoms with van der Waals surface area (Å²) in [5, 5.41) is 11.3. The Hall–Kier alpha value is -4.26. The maximum Gasteiger partial charge on any atom is 0.419 e. The molecule has 0 bridgehead atoms. The van der Waals surface area contributed by atoms with Crippen LogP contribution in [0.15, 0.2) is 53.6 Å². The number of hydrogen-bond acceptors (Lipinski definition) is 8. The highest BCUT2D eigenvalue weighted by molar-refractivity contribution is 7.87. The maximum atomic E-state index is 14.1. The van der Waals surface area contributed by atoms with E-state index in [1.54, 1.807) is 20.8 Å². The largest absolute Gasteiger partial charge is 0.495 e. The van der Waals surface area contributed by atoms with E-state index in [4.69, 9.17) is 16.3 Å². The number of anilines is 2. The van der Waals surface area contributed by atoms with E-state index in [1.165, 1.54) is 31.2 Å². The van der Waals surface area contributed by atoms with E-state index in [1.807, 2.05) is 0 Å². The number of aliphatic hydroxyl groups is 1. The molecule has 270 valence electrons. The van der Waals surface area contributed by atoms with Crippen LogP contribution >= 0.6 is 11.6 Å². The number of ether oxygens (including phenoxy) is 1. The van der Waals surface area contributed by atoms with Crippen LogP contribution in [0, 0.1) is 34.9 Å². The van der Waals surface area contributed by atoms with Gasteiger partial charge in [0.05, 0.1) is 29.6 Å². The topological polar surface area (TPSA) is 92.2 Å². The van der Waals surface area contributed by atoms with Gasteiger partial charge in [-0.3, -0.25) is 9.80 Å². The highest BCUT2D eigenvalue weighted by Crippen LogP contribution is 2.44. The van der Waals surface area contributed by atoms with Crippen LogP contribution in [0.25, 0.3) is 11.1 Å². The number of aliphatic hydroxyl groups excluding tert-OH is 1. The molecule has 0 aliphatic heterocycles. The van der Waals surface area contributed by atoms with Crippen molar-refractivity contribution in [2.24, 2.45) is 0 Å². The SMILES string of the molecule is COc1cc(-c2ccc(F)c(C(F)(F)F)c2)c(Cl)cc1N(c1ccc(S(=O)(=O)Oc2c(F)c(F)c(F)c(F)c2F)cn1)C(O)N(C)C(C)(C)C. The molecule has 19 heteroatoms. The second kappa shape index (κ2) is 13.8. The van der Waals surface area contributed by atoms with E-state index in [0.29, 0.717) is 18.3 Å². The molecular weight excluding hydrogens is 733 g/mol. The number of methoxy groups -OCH3 is 1. The third-order valence-corrected chi connectivity index (χ3v) is 8.88. The van der Waals surface area contributed by atoms with Gasteiger partial charge in [0.15, 0.2) is 6.35 Å². The van der Waals surface area contributed by atoms with E-state index in [-0.39, 0.29) is 33.4 Å². The lowest BCUT2D eigenvalue weighted by molar-refractivity contribution is -0.139. The second-order valence-corrected chi connectivity index (χ2v) is 13.4. The number of halogens is 10. The first-order valence-electron chi connectivity index (χ1n) is 13.9. The van der Waals surface area contributed by atoms with Crippen molar-refractivity contribution < 1.29 is 62.0 Å². The Morgan fingerprint density at radius 3 is 1.96 bits per heavy atom. The minimum Gasteiger partial charge on any atom is -0.495 e. The van der Waals surface area contributed by atoms with Crippen molar-refractivity contribution in [3.63, 3.8) is 0 Å². The van der Waals surface area contributed by atoms with Gasteiger partial charge in [-0.2, -0.15) is 30.4 Å². The molecule has 4 aromatic rings. The van der Waals surface area contributed by atoms with Crippen LogP contribution in [0.1, 0.15) is 26.3 Å². The van der Waals surface area contributed by atoms with E-state index in [0.717, 1.165) is 23.1 Å². The predicted molar refractivity (Wildman–Crippen MR) is 162 cm³/mol. The monoisotopic (exact) mass is 757 g/mol. The number of nitrogens with zero attached hydrogens (tertiary/aromatic N) is 3. The summed E-state index contributed by atoms with van der Waals surface area (Å²) in [5.41, 5.74) is -2.56. The quantitative estimate of drug-likeness (QED) is 0.0602. The van der Waals surface area contributed by atoms with Crippen molar-refractivity contribution in [1.29, 1.82) is 0 Å². The average molecular weight is 758 g/mol. The predicted octanol–water partition coefficient (Wildman–Crippen LogP) is 8.18. The van der Waals surface area contributed by atoms with Gasteiger partial charge in [0, 0.05) is 11.1 Å². The Kier molecular flexibility index (Phi) is 10.6. The molecule has 0 fully saturated rings. The molecule has 0 amide bonds. The average Bonchev–Trinajstić information content (AvgIpc) is 3.04. The highest BCUT2D eigenvalue weighted by Gasteiger charge is 2.36. The third-order valence-electron chi connectivity index (χ3n) is 7.37. The van der Waals surface area contributed by atoms with Crippen LogP contribution in [-0.2, 0) is 16.3 Å². The fraction of sp³-hybridized carbons (Fsp3) is 0.258. The van der Waals surface area contributed by atoms with E-state index < -0.39 is 79.3 Å². The van der Waals surface area contributed by atoms with Crippen LogP contribution in [0.5, 0.6) is 11.5 Å². The molecule has 1 heterocycles. The molecule has 0 saturated carbocycles. The zero-order valence-corrected chi connectivity index (χ0v) is 27.9. The molecule has 4 rings (SSSR count). The summed E-state index contributed by atoms with van der Waals surface area (Å²) in [6.45, 7) is 5.15. The van der Waals surface area contributed by atoms with E-state index >= 15 is 0 Å². The van der Waals surface area contributed by atoms with Crippen LogP contribution in [-0.4, -0.2) is 49.5 Å². The van der Waals surface area contributed by atoms with Gasteiger partial charge in [0.25, 0.3) is 0 Å². The van der Waals surface area contributed by atoms with E-state index in [2.05, 4.69) is 9.17 Å². The van der Waals surface area contributed by atoms with Crippen molar-refractivity contribution in [1.82, 2.24) is 9.88 Å². The normalized spacial score (nSPS) is 13.1. The molecule has 1 N–H and O–H groups in total. The molecular formula is C31H25ClF9N3O5S. The fourth-order valence-electron chi connectivity index (χ4n) is 4.39. The third kappa shape index (κ3) is 7.42. The molecule has 0 aliphatic carbocycles. The summed E-state index contributed by atoms with van der Waals surface area (Å²) in [6, 6.07) is 6.36. The van der Waals surface area contributed by atoms with Gasteiger partial charge in [0.2, 0.25) is 34.8 Å². The number of hydrogen-bond donors (Lipinski definition) is 1. The van der Waals surface area contributed by atoms with Gasteiger partial charge in [-0.15, -0.1) is 0 Å². The smallest absolute Gasteiger partial charge is 0.419 e. The van der Waals surface area contributed by atoms with E-state index in [9.17, 15) is 53.0 Å². The first-order valence-corrected chi connectivity index (χ1v) is 15.7. The lowest BCUT2D eigenvalue weighted by atomic mass is 10.0. The molecule has 1 unspecified atom stereocenters. The van der Waals surface area contributed by atoms with Crippen LogP contribution in [0.3, 0.4) is 0 Å². The Balaban J connectivity index is 1.84. The fourth-order valence-corrected chi connectivity index (χ4v) is 5.54. The molecule has 0 spiro atoms. The first kappa shape index (κ1) is 38.5. The second-order valence-electron chi connectivity index (χ2n) is 11.5. The minimum atomic E-state index is -5.29. The first-order chi connectivity index (χ1) is 23.0. The van der Waals surface area contributed by atoms with Crippen molar-refractivity contribution in [2.75, 3.05) is 19.1 Å². The minimum absolute atomic E-state index is 0.0314. The molecule has 0 radical (unpaired) electrons. The lowest BCUT2D eigenvalue weighted by Gasteiger charge is -2.41. The molecule has 8 nitrogen and oxygen atoms in total. The number of rotatable bonds is 9. The molecule has 1 aromatic heterocycles. The zero-order chi connectivity index (χ0) is 37.7. The number of alkyl halides is 3. The van der Waals surface area contributed by atoms with Crippen molar-refractivity contribution in [3.05, 3.63) is 94.2 Å². The summed E-state index contributed by atoms with van der Waals surface area (Å²) >= 11 is 6.52. The van der Waals surface area contributed by atoms with Crippen LogP contribution < -0.4 is 13.8 Å². The summed E-state index contributed by atoms with van der Waals surface area (Å²) in [7, 11) is -2.61. The summed E-state index contributed by atoms with van der Waals surface area (Å²) < 4.78 is 159. The number of benzene rings is 3. The van der Waals surface area contributed by atoms with Gasteiger partial charge in [-0.25, -0.2) is 22.5 Å². The summed E-state index contributed by atoms with van der Waals surface area (Å²) in [6.07, 6.45) is -6.10. The zero-order valence-electron chi connectivity index (χ0n) is 26.3. The Morgan fingerprint density at radius 1 is 0.880 bits per heavy atom. The van der Waals surface area contributed by atoms with Gasteiger partial charge >= 0.3 is 16.3 Å². The molecule has 3 aromatic carbocycles. The van der Waals surface area contributed by atoms with Crippen molar-refractivity contribution in [2.45, 2.75) is 43.7 Å². The lowest BCUT2D eigenvalue weighted by Crippen LogP contribution is -2.52. The maximum absolute atomic E-state index is 14.1.